The number of rotatable bonds is 3. The van der Waals surface area contributed by atoms with Gasteiger partial charge >= 0.3 is 11.9 Å². The molecule has 6 nitrogen and oxygen atoms in total. The summed E-state index contributed by atoms with van der Waals surface area (Å²) in [5.74, 6) is 1.31. The number of hydrogen-bond donors (Lipinski definition) is 1. The molecule has 4 aliphatic carbocycles. The maximum Gasteiger partial charge on any atom is 0.302 e. The van der Waals surface area contributed by atoms with Crippen LogP contribution in [-0.4, -0.2) is 35.1 Å². The Bertz CT molecular complexity index is 819. The fraction of sp³-hybridized carbons (Fsp3) is 0.800. The molecule has 172 valence electrons. The monoisotopic (exact) mass is 431 g/mol. The van der Waals surface area contributed by atoms with Gasteiger partial charge in [0.1, 0.15) is 12.2 Å². The number of carbonyl (C=O) groups excluding carboxylic acids is 2. The summed E-state index contributed by atoms with van der Waals surface area (Å²) in [4.78, 5) is 23.6. The Morgan fingerprint density at radius 2 is 1.81 bits per heavy atom. The lowest BCUT2D eigenvalue weighted by molar-refractivity contribution is -0.194. The van der Waals surface area contributed by atoms with Crippen molar-refractivity contribution in [1.29, 1.82) is 0 Å². The molecule has 8 atom stereocenters. The van der Waals surface area contributed by atoms with Crippen LogP contribution in [0.2, 0.25) is 0 Å². The normalized spacial score (nSPS) is 44.4. The second-order valence-corrected chi connectivity index (χ2v) is 10.9. The minimum Gasteiger partial charge on any atom is -0.463 e. The molecular formula is C25H37NO5. The van der Waals surface area contributed by atoms with E-state index in [1.165, 1.54) is 13.8 Å². The van der Waals surface area contributed by atoms with Crippen molar-refractivity contribution in [1.82, 2.24) is 0 Å². The van der Waals surface area contributed by atoms with E-state index in [9.17, 15) is 14.8 Å². The molecule has 31 heavy (non-hydrogen) atoms. The lowest BCUT2D eigenvalue weighted by Gasteiger charge is -2.62. The predicted molar refractivity (Wildman–Crippen MR) is 117 cm³/mol. The van der Waals surface area contributed by atoms with Gasteiger partial charge in [-0.2, -0.15) is 0 Å². The number of ether oxygens (including phenoxy) is 2. The Morgan fingerprint density at radius 3 is 2.45 bits per heavy atom. The van der Waals surface area contributed by atoms with Crippen molar-refractivity contribution >= 4 is 17.7 Å². The molecule has 4 aliphatic rings. The van der Waals surface area contributed by atoms with Gasteiger partial charge in [-0.15, -0.1) is 0 Å². The molecule has 0 saturated heterocycles. The van der Waals surface area contributed by atoms with Crippen molar-refractivity contribution in [3.05, 3.63) is 11.6 Å². The summed E-state index contributed by atoms with van der Waals surface area (Å²) in [6.45, 7) is 9.52. The summed E-state index contributed by atoms with van der Waals surface area (Å²) in [6.07, 6.45) is 8.89. The Balaban J connectivity index is 1.67. The van der Waals surface area contributed by atoms with Gasteiger partial charge in [0.05, 0.1) is 5.71 Å². The molecule has 0 amide bonds. The molecule has 0 bridgehead atoms. The molecule has 0 heterocycles. The van der Waals surface area contributed by atoms with Crippen molar-refractivity contribution in [3.8, 4) is 0 Å². The van der Waals surface area contributed by atoms with Gasteiger partial charge in [0.25, 0.3) is 0 Å². The van der Waals surface area contributed by atoms with Gasteiger partial charge in [-0.3, -0.25) is 9.59 Å². The van der Waals surface area contributed by atoms with Gasteiger partial charge in [-0.1, -0.05) is 25.1 Å². The van der Waals surface area contributed by atoms with Crippen LogP contribution in [0.4, 0.5) is 0 Å². The zero-order valence-corrected chi connectivity index (χ0v) is 19.5. The molecular weight excluding hydrogens is 394 g/mol. The number of fused-ring (bicyclic) bond motifs is 5. The maximum absolute atomic E-state index is 12.1. The molecule has 3 saturated carbocycles. The van der Waals surface area contributed by atoms with E-state index in [1.807, 2.05) is 6.92 Å². The van der Waals surface area contributed by atoms with Crippen molar-refractivity contribution < 1.29 is 24.3 Å². The number of nitrogens with zero attached hydrogens (tertiary/aromatic N) is 1. The summed E-state index contributed by atoms with van der Waals surface area (Å²) in [6, 6.07) is 0. The van der Waals surface area contributed by atoms with Gasteiger partial charge in [0.15, 0.2) is 0 Å². The second-order valence-electron chi connectivity index (χ2n) is 10.9. The summed E-state index contributed by atoms with van der Waals surface area (Å²) in [5, 5.41) is 13.0. The van der Waals surface area contributed by atoms with Crippen molar-refractivity contribution in [2.45, 2.75) is 91.8 Å². The lowest BCUT2D eigenvalue weighted by atomic mass is 9.43. The van der Waals surface area contributed by atoms with Crippen LogP contribution in [0.1, 0.15) is 79.6 Å². The number of oxime groups is 1. The topological polar surface area (TPSA) is 85.2 Å². The minimum atomic E-state index is -0.221. The largest absolute Gasteiger partial charge is 0.463 e. The summed E-state index contributed by atoms with van der Waals surface area (Å²) in [5.41, 5.74) is 1.72. The quantitative estimate of drug-likeness (QED) is 0.298. The van der Waals surface area contributed by atoms with Crippen molar-refractivity contribution in [3.63, 3.8) is 0 Å². The highest BCUT2D eigenvalue weighted by Gasteiger charge is 2.63. The smallest absolute Gasteiger partial charge is 0.302 e. The van der Waals surface area contributed by atoms with Crippen LogP contribution in [-0.2, 0) is 19.1 Å². The molecule has 4 rings (SSSR count). The predicted octanol–water partition coefficient (Wildman–Crippen LogP) is 4.89. The third-order valence-corrected chi connectivity index (χ3v) is 9.30. The maximum atomic E-state index is 12.1. The fourth-order valence-electron chi connectivity index (χ4n) is 8.16. The Labute approximate surface area is 185 Å². The molecule has 3 fully saturated rings. The van der Waals surface area contributed by atoms with E-state index in [2.05, 4.69) is 25.1 Å². The zero-order chi connectivity index (χ0) is 22.6. The van der Waals surface area contributed by atoms with E-state index in [0.29, 0.717) is 29.4 Å². The SMILES string of the molecule is CC(=O)O[C@H]1CC[C@@]2(C)[C@@H](CC[C@@H]3[C@@H]2[C@H](OC(C)=O)C[C@]2(C)C(C(C)=NO)=CC[C@@H]32)C1. The summed E-state index contributed by atoms with van der Waals surface area (Å²) >= 11 is 0. The number of allylic oxidation sites excluding steroid dienone is 2. The van der Waals surface area contributed by atoms with Crippen LogP contribution in [0.3, 0.4) is 0 Å². The Morgan fingerprint density at radius 1 is 1.10 bits per heavy atom. The molecule has 0 aromatic carbocycles. The van der Waals surface area contributed by atoms with E-state index < -0.39 is 0 Å². The van der Waals surface area contributed by atoms with Crippen molar-refractivity contribution in [2.75, 3.05) is 0 Å². The standard InChI is InChI=1S/C25H37NO5/c1-14(26-29)20-8-9-21-19-7-6-17-12-18(30-15(2)27)10-11-24(17,4)23(19)22(31-16(3)28)13-25(20,21)5/h8,17-19,21-23,29H,6-7,9-13H2,1-5H3/t17-,18-,19-,21-,22+,23+,24-,25+/m0/s1. The van der Waals surface area contributed by atoms with E-state index in [-0.39, 0.29) is 35.0 Å². The molecule has 0 radical (unpaired) electrons. The summed E-state index contributed by atoms with van der Waals surface area (Å²) < 4.78 is 11.6. The van der Waals surface area contributed by atoms with Crippen LogP contribution < -0.4 is 0 Å². The third kappa shape index (κ3) is 3.60. The second kappa shape index (κ2) is 7.93. The molecule has 1 N–H and O–H groups in total. The van der Waals surface area contributed by atoms with E-state index in [4.69, 9.17) is 9.47 Å². The number of carbonyl (C=O) groups is 2. The summed E-state index contributed by atoms with van der Waals surface area (Å²) in [7, 11) is 0. The Hall–Kier alpha value is -1.85. The van der Waals surface area contributed by atoms with Gasteiger partial charge in [-0.25, -0.2) is 0 Å². The molecule has 0 spiro atoms. The molecule has 0 unspecified atom stereocenters. The first-order chi connectivity index (χ1) is 14.6. The van der Waals surface area contributed by atoms with Crippen molar-refractivity contribution in [2.24, 2.45) is 39.7 Å². The first kappa shape index (κ1) is 22.3. The third-order valence-electron chi connectivity index (χ3n) is 9.30. The van der Waals surface area contributed by atoms with Gasteiger partial charge in [0.2, 0.25) is 0 Å². The highest BCUT2D eigenvalue weighted by Crippen LogP contribution is 2.67. The average Bonchev–Trinajstić information content (AvgIpc) is 3.03. The van der Waals surface area contributed by atoms with Gasteiger partial charge in [-0.05, 0) is 80.6 Å². The number of hydrogen-bond acceptors (Lipinski definition) is 6. The van der Waals surface area contributed by atoms with Crippen LogP contribution in [0.5, 0.6) is 0 Å². The van der Waals surface area contributed by atoms with Crippen LogP contribution in [0, 0.1) is 34.5 Å². The van der Waals surface area contributed by atoms with Crippen LogP contribution in [0.25, 0.3) is 0 Å². The van der Waals surface area contributed by atoms with Gasteiger partial charge < -0.3 is 14.7 Å². The van der Waals surface area contributed by atoms with E-state index in [1.54, 1.807) is 0 Å². The van der Waals surface area contributed by atoms with Crippen LogP contribution in [0.15, 0.2) is 16.8 Å². The molecule has 0 aliphatic heterocycles. The highest BCUT2D eigenvalue weighted by atomic mass is 16.5. The Kier molecular flexibility index (Phi) is 5.72. The average molecular weight is 432 g/mol. The number of esters is 2. The fourth-order valence-corrected chi connectivity index (χ4v) is 8.16. The van der Waals surface area contributed by atoms with Crippen LogP contribution >= 0.6 is 0 Å². The lowest BCUT2D eigenvalue weighted by Crippen LogP contribution is -2.59. The van der Waals surface area contributed by atoms with Gasteiger partial charge in [0, 0.05) is 25.2 Å². The first-order valence-corrected chi connectivity index (χ1v) is 11.8. The highest BCUT2D eigenvalue weighted by molar-refractivity contribution is 5.99. The zero-order valence-electron chi connectivity index (χ0n) is 19.5. The molecule has 0 aromatic heterocycles. The molecule has 0 aromatic rings. The van der Waals surface area contributed by atoms with E-state index in [0.717, 1.165) is 50.5 Å². The first-order valence-electron chi connectivity index (χ1n) is 11.8. The molecule has 6 heteroatoms. The minimum absolute atomic E-state index is 0.0105. The van der Waals surface area contributed by atoms with E-state index >= 15 is 0 Å².